The van der Waals surface area contributed by atoms with Crippen LogP contribution in [0, 0.1) is 0 Å². The average molecular weight is 133 g/mol. The Morgan fingerprint density at radius 1 is 1.75 bits per heavy atom. The summed E-state index contributed by atoms with van der Waals surface area (Å²) in [5.74, 6) is 0. The molecule has 0 aliphatic carbocycles. The predicted molar refractivity (Wildman–Crippen MR) is 37.2 cm³/mol. The molecule has 1 fully saturated rings. The fourth-order valence-electron chi connectivity index (χ4n) is 0.771. The van der Waals surface area contributed by atoms with E-state index < -0.39 is 0 Å². The molecule has 1 N–H and O–H groups in total. The summed E-state index contributed by atoms with van der Waals surface area (Å²) in [5.41, 5.74) is 0. The zero-order valence-corrected chi connectivity index (χ0v) is 6.05. The maximum absolute atomic E-state index is 5.34. The molecule has 1 aliphatic rings. The molecule has 0 saturated carbocycles. The summed E-state index contributed by atoms with van der Waals surface area (Å²) in [6, 6.07) is 0. The van der Waals surface area contributed by atoms with Crippen LogP contribution in [0.2, 0.25) is 0 Å². The highest BCUT2D eigenvalue weighted by Gasteiger charge is 2.09. The van der Waals surface area contributed by atoms with E-state index in [4.69, 9.17) is 4.74 Å². The molecule has 0 bridgehead atoms. The molecule has 2 atom stereocenters. The number of ether oxygens (including phenoxy) is 1. The van der Waals surface area contributed by atoms with Crippen LogP contribution in [0.3, 0.4) is 0 Å². The fraction of sp³-hybridized carbons (Fsp3) is 1.00. The number of rotatable bonds is 1. The van der Waals surface area contributed by atoms with Crippen LogP contribution in [0.25, 0.3) is 0 Å². The van der Waals surface area contributed by atoms with Gasteiger partial charge >= 0.3 is 0 Å². The van der Waals surface area contributed by atoms with Crippen LogP contribution < -0.4 is 5.32 Å². The van der Waals surface area contributed by atoms with Crippen molar-refractivity contribution in [1.82, 2.24) is 5.32 Å². The Kier molecular flexibility index (Phi) is 2.74. The van der Waals surface area contributed by atoms with E-state index in [1.807, 2.05) is 0 Å². The largest absolute Gasteiger partial charge is 0.375 e. The maximum atomic E-state index is 5.34. The molecular formula is C5H12NOP. The van der Waals surface area contributed by atoms with Gasteiger partial charge in [0.05, 0.1) is 12.7 Å². The summed E-state index contributed by atoms with van der Waals surface area (Å²) in [4.78, 5) is 0. The Balaban J connectivity index is 2.13. The molecule has 0 aromatic heterocycles. The highest BCUT2D eigenvalue weighted by Crippen LogP contribution is 1.98. The van der Waals surface area contributed by atoms with Gasteiger partial charge in [0, 0.05) is 13.1 Å². The Hall–Kier alpha value is 0.350. The van der Waals surface area contributed by atoms with E-state index in [9.17, 15) is 0 Å². The summed E-state index contributed by atoms with van der Waals surface area (Å²) in [7, 11) is 2.68. The van der Waals surface area contributed by atoms with Crippen LogP contribution in [-0.4, -0.2) is 32.0 Å². The summed E-state index contributed by atoms with van der Waals surface area (Å²) in [5, 5.41) is 3.25. The van der Waals surface area contributed by atoms with E-state index in [2.05, 4.69) is 14.6 Å². The first-order valence-corrected chi connectivity index (χ1v) is 3.77. The van der Waals surface area contributed by atoms with Crippen molar-refractivity contribution in [2.45, 2.75) is 6.10 Å². The molecule has 0 spiro atoms. The van der Waals surface area contributed by atoms with Crippen LogP contribution in [-0.2, 0) is 4.74 Å². The molecule has 1 aliphatic heterocycles. The van der Waals surface area contributed by atoms with Gasteiger partial charge in [0.2, 0.25) is 0 Å². The van der Waals surface area contributed by atoms with Crippen LogP contribution in [0.5, 0.6) is 0 Å². The topological polar surface area (TPSA) is 21.3 Å². The van der Waals surface area contributed by atoms with E-state index >= 15 is 0 Å². The molecule has 48 valence electrons. The molecule has 0 amide bonds. The maximum Gasteiger partial charge on any atom is 0.0734 e. The summed E-state index contributed by atoms with van der Waals surface area (Å²) < 4.78 is 5.34. The SMILES string of the molecule is PCC1CNCCO1. The molecule has 1 rings (SSSR count). The van der Waals surface area contributed by atoms with Crippen LogP contribution in [0.15, 0.2) is 0 Å². The first-order valence-electron chi connectivity index (χ1n) is 2.96. The van der Waals surface area contributed by atoms with Gasteiger partial charge in [-0.2, -0.15) is 0 Å². The third kappa shape index (κ3) is 1.70. The lowest BCUT2D eigenvalue weighted by Crippen LogP contribution is -2.39. The highest BCUT2D eigenvalue weighted by molar-refractivity contribution is 7.16. The van der Waals surface area contributed by atoms with Gasteiger partial charge in [-0.05, 0) is 6.16 Å². The van der Waals surface area contributed by atoms with Crippen LogP contribution in [0.4, 0.5) is 0 Å². The normalized spacial score (nSPS) is 30.4. The van der Waals surface area contributed by atoms with Gasteiger partial charge in [0.1, 0.15) is 0 Å². The third-order valence-corrected chi connectivity index (χ3v) is 1.79. The second kappa shape index (κ2) is 3.39. The van der Waals surface area contributed by atoms with Crippen molar-refractivity contribution in [3.8, 4) is 0 Å². The van der Waals surface area contributed by atoms with E-state index in [-0.39, 0.29) is 0 Å². The molecule has 0 aromatic carbocycles. The molecule has 2 unspecified atom stereocenters. The second-order valence-electron chi connectivity index (χ2n) is 1.93. The predicted octanol–water partition coefficient (Wildman–Crippen LogP) is -0.150. The molecule has 2 nitrogen and oxygen atoms in total. The average Bonchev–Trinajstić information content (AvgIpc) is 1.90. The molecule has 0 radical (unpaired) electrons. The standard InChI is InChI=1S/C5H12NOP/c8-4-5-3-6-1-2-7-5/h5-6H,1-4,8H2. The molecular weight excluding hydrogens is 121 g/mol. The molecule has 1 saturated heterocycles. The van der Waals surface area contributed by atoms with Crippen molar-refractivity contribution in [3.05, 3.63) is 0 Å². The van der Waals surface area contributed by atoms with Gasteiger partial charge in [-0.15, -0.1) is 9.24 Å². The van der Waals surface area contributed by atoms with E-state index in [1.54, 1.807) is 0 Å². The Morgan fingerprint density at radius 3 is 3.00 bits per heavy atom. The lowest BCUT2D eigenvalue weighted by atomic mass is 10.3. The first kappa shape index (κ1) is 6.47. The van der Waals surface area contributed by atoms with E-state index in [0.717, 1.165) is 25.9 Å². The fourth-order valence-corrected chi connectivity index (χ4v) is 1.07. The molecule has 3 heteroatoms. The lowest BCUT2D eigenvalue weighted by Gasteiger charge is -2.21. The van der Waals surface area contributed by atoms with Gasteiger partial charge in [-0.3, -0.25) is 0 Å². The summed E-state index contributed by atoms with van der Waals surface area (Å²) >= 11 is 0. The van der Waals surface area contributed by atoms with E-state index in [1.165, 1.54) is 0 Å². The van der Waals surface area contributed by atoms with Gasteiger partial charge in [0.15, 0.2) is 0 Å². The highest BCUT2D eigenvalue weighted by atomic mass is 31.0. The minimum Gasteiger partial charge on any atom is -0.375 e. The van der Waals surface area contributed by atoms with Crippen molar-refractivity contribution in [3.63, 3.8) is 0 Å². The van der Waals surface area contributed by atoms with Crippen molar-refractivity contribution in [1.29, 1.82) is 0 Å². The number of hydrogen-bond acceptors (Lipinski definition) is 2. The number of morpholine rings is 1. The molecule has 0 aromatic rings. The van der Waals surface area contributed by atoms with Crippen LogP contribution in [0.1, 0.15) is 0 Å². The van der Waals surface area contributed by atoms with Crippen LogP contribution >= 0.6 is 9.24 Å². The zero-order valence-electron chi connectivity index (χ0n) is 4.89. The zero-order chi connectivity index (χ0) is 5.82. The quantitative estimate of drug-likeness (QED) is 0.502. The lowest BCUT2D eigenvalue weighted by molar-refractivity contribution is 0.0439. The van der Waals surface area contributed by atoms with E-state index in [0.29, 0.717) is 6.10 Å². The minimum absolute atomic E-state index is 0.439. The van der Waals surface area contributed by atoms with Crippen molar-refractivity contribution in [2.24, 2.45) is 0 Å². The third-order valence-electron chi connectivity index (χ3n) is 1.27. The van der Waals surface area contributed by atoms with Gasteiger partial charge in [-0.1, -0.05) is 0 Å². The smallest absolute Gasteiger partial charge is 0.0734 e. The summed E-state index contributed by atoms with van der Waals surface area (Å²) in [6.07, 6.45) is 1.49. The second-order valence-corrected chi connectivity index (χ2v) is 2.40. The Bertz CT molecular complexity index is 63.4. The summed E-state index contributed by atoms with van der Waals surface area (Å²) in [6.45, 7) is 2.91. The van der Waals surface area contributed by atoms with Gasteiger partial charge in [0.25, 0.3) is 0 Å². The van der Waals surface area contributed by atoms with Gasteiger partial charge in [-0.25, -0.2) is 0 Å². The van der Waals surface area contributed by atoms with Crippen molar-refractivity contribution < 1.29 is 4.74 Å². The molecule has 1 heterocycles. The minimum atomic E-state index is 0.439. The Morgan fingerprint density at radius 2 is 2.62 bits per heavy atom. The number of hydrogen-bond donors (Lipinski definition) is 1. The van der Waals surface area contributed by atoms with Crippen molar-refractivity contribution >= 4 is 9.24 Å². The Labute approximate surface area is 52.2 Å². The van der Waals surface area contributed by atoms with Crippen molar-refractivity contribution in [2.75, 3.05) is 25.9 Å². The first-order chi connectivity index (χ1) is 3.93. The number of nitrogens with one attached hydrogen (secondary N) is 1. The monoisotopic (exact) mass is 133 g/mol. The van der Waals surface area contributed by atoms with Gasteiger partial charge < -0.3 is 10.1 Å². The molecule has 8 heavy (non-hydrogen) atoms.